The summed E-state index contributed by atoms with van der Waals surface area (Å²) in [5, 5.41) is 7.45. The topological polar surface area (TPSA) is 24.6 Å². The monoisotopic (exact) mass is 377 g/mol. The van der Waals surface area contributed by atoms with Gasteiger partial charge in [-0.2, -0.15) is 0 Å². The Kier molecular flexibility index (Phi) is 3.57. The minimum absolute atomic E-state index is 0.0276. The fraction of sp³-hybridized carbons (Fsp3) is 0.154. The molecule has 6 rings (SSSR count). The van der Waals surface area contributed by atoms with E-state index in [0.29, 0.717) is 0 Å². The highest BCUT2D eigenvalue weighted by atomic mass is 16.5. The lowest BCUT2D eigenvalue weighted by molar-refractivity contribution is 0.226. The second kappa shape index (κ2) is 6.28. The van der Waals surface area contributed by atoms with Crippen LogP contribution in [0.25, 0.3) is 5.76 Å². The van der Waals surface area contributed by atoms with Crippen LogP contribution in [0.3, 0.4) is 0 Å². The van der Waals surface area contributed by atoms with E-state index in [-0.39, 0.29) is 12.0 Å². The maximum absolute atomic E-state index is 6.45. The Bertz CT molecular complexity index is 1300. The summed E-state index contributed by atoms with van der Waals surface area (Å²) in [6.07, 6.45) is 4.45. The standard InChI is InChI=1S/C26H21N2O/c1-2-28-21-15-13-20-24-22(29-26(20)18-11-7-4-8-12-18)16-14-19(23(21)24)25(27-28)17-9-5-3-6-10-17/h3-16,19,22H,2H2,1H3/q+1. The van der Waals surface area contributed by atoms with Crippen LogP contribution in [0.2, 0.25) is 0 Å². The van der Waals surface area contributed by atoms with Gasteiger partial charge >= 0.3 is 0 Å². The van der Waals surface area contributed by atoms with E-state index in [9.17, 15) is 0 Å². The van der Waals surface area contributed by atoms with Gasteiger partial charge in [-0.3, -0.25) is 0 Å². The molecule has 29 heavy (non-hydrogen) atoms. The third-order valence-electron chi connectivity index (χ3n) is 6.03. The minimum Gasteiger partial charge on any atom is -0.480 e. The summed E-state index contributed by atoms with van der Waals surface area (Å²) in [6.45, 7) is 2.99. The smallest absolute Gasteiger partial charge is 0.236 e. The average molecular weight is 377 g/mol. The second-order valence-electron chi connectivity index (χ2n) is 7.62. The number of hydrazone groups is 1. The Morgan fingerprint density at radius 3 is 2.28 bits per heavy atom. The lowest BCUT2D eigenvalue weighted by Gasteiger charge is -2.25. The van der Waals surface area contributed by atoms with E-state index < -0.39 is 0 Å². The Balaban J connectivity index is 1.66. The van der Waals surface area contributed by atoms with Crippen LogP contribution in [0.5, 0.6) is 0 Å². The predicted molar refractivity (Wildman–Crippen MR) is 115 cm³/mol. The number of rotatable bonds is 3. The molecule has 2 atom stereocenters. The molecule has 0 bridgehead atoms. The SMILES string of the molecule is CC[N+]1=c2ccc3c4c2C(C=CC4OC=3c2ccccc2)C(c2ccccc2)=N1. The first kappa shape index (κ1) is 16.5. The molecule has 2 aliphatic heterocycles. The van der Waals surface area contributed by atoms with Crippen LogP contribution in [0.1, 0.15) is 41.2 Å². The highest BCUT2D eigenvalue weighted by Gasteiger charge is 2.39. The van der Waals surface area contributed by atoms with Gasteiger partial charge in [-0.1, -0.05) is 71.4 Å². The number of allylic oxidation sites excluding steroid dienone is 1. The van der Waals surface area contributed by atoms with Crippen LogP contribution in [0, 0.1) is 0 Å². The van der Waals surface area contributed by atoms with Crippen molar-refractivity contribution in [3.05, 3.63) is 118 Å². The molecule has 1 aliphatic carbocycles. The van der Waals surface area contributed by atoms with E-state index in [1.165, 1.54) is 27.3 Å². The van der Waals surface area contributed by atoms with Gasteiger partial charge in [-0.15, -0.1) is 0 Å². The van der Waals surface area contributed by atoms with Gasteiger partial charge in [0.1, 0.15) is 17.6 Å². The molecule has 3 aliphatic rings. The van der Waals surface area contributed by atoms with Gasteiger partial charge in [0.05, 0.1) is 5.92 Å². The molecule has 0 amide bonds. The van der Waals surface area contributed by atoms with Crippen molar-refractivity contribution < 1.29 is 4.74 Å². The maximum atomic E-state index is 6.45. The molecule has 3 nitrogen and oxygen atoms in total. The normalized spacial score (nSPS) is 20.9. The van der Waals surface area contributed by atoms with E-state index in [1.807, 2.05) is 6.07 Å². The summed E-state index contributed by atoms with van der Waals surface area (Å²) in [4.78, 5) is 0. The Morgan fingerprint density at radius 1 is 0.828 bits per heavy atom. The molecule has 0 aromatic heterocycles. The second-order valence-corrected chi connectivity index (χ2v) is 7.62. The largest absolute Gasteiger partial charge is 0.480 e. The van der Waals surface area contributed by atoms with Crippen molar-refractivity contribution in [3.63, 3.8) is 0 Å². The third-order valence-corrected chi connectivity index (χ3v) is 6.03. The number of ether oxygens (including phenoxy) is 1. The van der Waals surface area contributed by atoms with Crippen LogP contribution in [-0.2, 0) is 4.74 Å². The van der Waals surface area contributed by atoms with Crippen molar-refractivity contribution in [1.82, 2.24) is 4.68 Å². The van der Waals surface area contributed by atoms with Gasteiger partial charge in [0.2, 0.25) is 5.36 Å². The molecule has 2 unspecified atom stereocenters. The fourth-order valence-electron chi connectivity index (χ4n) is 4.75. The predicted octanol–water partition coefficient (Wildman–Crippen LogP) is 3.50. The lowest BCUT2D eigenvalue weighted by atomic mass is 9.80. The van der Waals surface area contributed by atoms with Gasteiger partial charge in [0.15, 0.2) is 6.54 Å². The van der Waals surface area contributed by atoms with Crippen molar-refractivity contribution in [1.29, 1.82) is 0 Å². The zero-order valence-corrected chi connectivity index (χ0v) is 16.2. The average Bonchev–Trinajstić information content (AvgIpc) is 3.18. The molecule has 3 aromatic rings. The molecule has 0 saturated carbocycles. The van der Waals surface area contributed by atoms with Gasteiger partial charge in [0.25, 0.3) is 0 Å². The highest BCUT2D eigenvalue weighted by Crippen LogP contribution is 2.39. The number of nitrogens with zero attached hydrogens (tertiary/aromatic N) is 2. The van der Waals surface area contributed by atoms with E-state index in [1.54, 1.807) is 0 Å². The molecule has 140 valence electrons. The van der Waals surface area contributed by atoms with E-state index in [2.05, 4.69) is 90.5 Å². The van der Waals surface area contributed by atoms with Crippen molar-refractivity contribution in [2.75, 3.05) is 6.54 Å². The molecular formula is C26H21N2O+. The van der Waals surface area contributed by atoms with Crippen molar-refractivity contribution in [2.24, 2.45) is 5.10 Å². The Hall–Kier alpha value is -3.46. The summed E-state index contributed by atoms with van der Waals surface area (Å²) < 4.78 is 8.58. The van der Waals surface area contributed by atoms with E-state index in [4.69, 9.17) is 9.84 Å². The first-order valence-corrected chi connectivity index (χ1v) is 10.2. The van der Waals surface area contributed by atoms with E-state index in [0.717, 1.165) is 23.6 Å². The summed E-state index contributed by atoms with van der Waals surface area (Å²) in [5.41, 5.74) is 6.06. The molecule has 3 heteroatoms. The van der Waals surface area contributed by atoms with Crippen molar-refractivity contribution >= 4 is 11.5 Å². The summed E-state index contributed by atoms with van der Waals surface area (Å²) >= 11 is 0. The Labute approximate surface area is 169 Å². The van der Waals surface area contributed by atoms with Crippen LogP contribution in [-0.4, -0.2) is 12.3 Å². The Morgan fingerprint density at radius 2 is 1.55 bits per heavy atom. The van der Waals surface area contributed by atoms with E-state index >= 15 is 0 Å². The first-order chi connectivity index (χ1) is 14.3. The van der Waals surface area contributed by atoms with Crippen LogP contribution >= 0.6 is 0 Å². The summed E-state index contributed by atoms with van der Waals surface area (Å²) in [5.74, 6) is 1.13. The first-order valence-electron chi connectivity index (χ1n) is 10.2. The lowest BCUT2D eigenvalue weighted by Crippen LogP contribution is -2.41. The zero-order valence-electron chi connectivity index (χ0n) is 16.2. The molecule has 2 heterocycles. The summed E-state index contributed by atoms with van der Waals surface area (Å²) in [7, 11) is 0. The highest BCUT2D eigenvalue weighted by molar-refractivity contribution is 6.07. The van der Waals surface area contributed by atoms with Gasteiger partial charge in [-0.25, -0.2) is 0 Å². The van der Waals surface area contributed by atoms with Gasteiger partial charge in [0, 0.05) is 33.5 Å². The quantitative estimate of drug-likeness (QED) is 0.507. The molecule has 0 fully saturated rings. The zero-order chi connectivity index (χ0) is 19.4. The summed E-state index contributed by atoms with van der Waals surface area (Å²) in [6, 6.07) is 25.3. The van der Waals surface area contributed by atoms with Gasteiger partial charge < -0.3 is 4.74 Å². The maximum Gasteiger partial charge on any atom is 0.236 e. The number of benzene rings is 3. The molecular weight excluding hydrogens is 356 g/mol. The number of hydrogen-bond acceptors (Lipinski definition) is 2. The molecule has 0 saturated heterocycles. The van der Waals surface area contributed by atoms with Crippen LogP contribution in [0.15, 0.2) is 90.0 Å². The van der Waals surface area contributed by atoms with Crippen molar-refractivity contribution in [2.45, 2.75) is 18.9 Å². The van der Waals surface area contributed by atoms with Gasteiger partial charge in [-0.05, 0) is 24.2 Å². The van der Waals surface area contributed by atoms with Crippen molar-refractivity contribution in [3.8, 4) is 0 Å². The molecule has 0 spiro atoms. The molecule has 0 N–H and O–H groups in total. The minimum atomic E-state index is -0.0276. The fourth-order valence-corrected chi connectivity index (χ4v) is 4.75. The number of hydrogen-bond donors (Lipinski definition) is 0. The molecule has 0 radical (unpaired) electrons. The molecule has 3 aromatic carbocycles. The van der Waals surface area contributed by atoms with Crippen LogP contribution in [0.4, 0.5) is 0 Å². The van der Waals surface area contributed by atoms with Crippen LogP contribution < -0.4 is 15.3 Å². The third kappa shape index (κ3) is 2.37.